The smallest absolute Gasteiger partial charge is 0.110 e. The van der Waals surface area contributed by atoms with E-state index in [-0.39, 0.29) is 6.04 Å². The van der Waals surface area contributed by atoms with Crippen LogP contribution in [0.3, 0.4) is 0 Å². The van der Waals surface area contributed by atoms with Crippen molar-refractivity contribution in [3.8, 4) is 0 Å². The zero-order chi connectivity index (χ0) is 13.1. The molecule has 0 fully saturated rings. The number of nitrogens with two attached hydrogens (primary N) is 1. The Bertz CT molecular complexity index is 503. The minimum Gasteiger partial charge on any atom is -0.335 e. The van der Waals surface area contributed by atoms with Gasteiger partial charge in [0.25, 0.3) is 0 Å². The van der Waals surface area contributed by atoms with Crippen LogP contribution >= 0.6 is 43.2 Å². The van der Waals surface area contributed by atoms with Crippen LogP contribution < -0.4 is 11.3 Å². The Kier molecular flexibility index (Phi) is 4.97. The lowest BCUT2D eigenvalue weighted by atomic mass is 10.1. The summed E-state index contributed by atoms with van der Waals surface area (Å²) in [6.07, 6.45) is 4.59. The van der Waals surface area contributed by atoms with Gasteiger partial charge >= 0.3 is 0 Å². The summed E-state index contributed by atoms with van der Waals surface area (Å²) in [7, 11) is 0. The molecule has 3 N–H and O–H groups in total. The molecule has 2 aromatic heterocycles. The lowest BCUT2D eigenvalue weighted by Gasteiger charge is -2.14. The second kappa shape index (κ2) is 6.29. The third-order valence-corrected chi connectivity index (χ3v) is 6.11. The monoisotopic (exact) mass is 392 g/mol. The number of thiophene rings is 1. The third kappa shape index (κ3) is 3.03. The van der Waals surface area contributed by atoms with Gasteiger partial charge in [-0.25, -0.2) is 4.98 Å². The molecule has 7 heteroatoms. The van der Waals surface area contributed by atoms with E-state index in [9.17, 15) is 0 Å². The molecular weight excluding hydrogens is 380 g/mol. The maximum absolute atomic E-state index is 5.66. The van der Waals surface area contributed by atoms with E-state index in [2.05, 4.69) is 59.8 Å². The number of nitrogens with zero attached hydrogens (tertiary/aromatic N) is 2. The van der Waals surface area contributed by atoms with Gasteiger partial charge in [-0.05, 0) is 44.8 Å². The van der Waals surface area contributed by atoms with Crippen molar-refractivity contribution in [2.24, 2.45) is 5.84 Å². The maximum atomic E-state index is 5.66. The molecule has 0 amide bonds. The van der Waals surface area contributed by atoms with Crippen molar-refractivity contribution in [1.82, 2.24) is 15.0 Å². The Labute approximate surface area is 127 Å². The molecule has 98 valence electrons. The topological polar surface area (TPSA) is 55.9 Å². The molecule has 1 unspecified atom stereocenters. The van der Waals surface area contributed by atoms with Crippen LogP contribution in [-0.4, -0.2) is 9.55 Å². The Morgan fingerprint density at radius 3 is 2.89 bits per heavy atom. The Morgan fingerprint density at radius 1 is 1.56 bits per heavy atom. The predicted molar refractivity (Wildman–Crippen MR) is 81.4 cm³/mol. The largest absolute Gasteiger partial charge is 0.335 e. The van der Waals surface area contributed by atoms with Gasteiger partial charge in [-0.3, -0.25) is 11.3 Å². The molecule has 18 heavy (non-hydrogen) atoms. The second-order valence-corrected chi connectivity index (χ2v) is 7.08. The molecule has 1 atom stereocenters. The van der Waals surface area contributed by atoms with Crippen molar-refractivity contribution >= 4 is 43.2 Å². The number of aryl methyl sites for hydroxylation is 1. The van der Waals surface area contributed by atoms with Gasteiger partial charge in [-0.2, -0.15) is 0 Å². The first-order valence-corrected chi connectivity index (χ1v) is 7.96. The summed E-state index contributed by atoms with van der Waals surface area (Å²) in [4.78, 5) is 5.56. The van der Waals surface area contributed by atoms with E-state index in [0.717, 1.165) is 27.0 Å². The Balaban J connectivity index is 2.19. The van der Waals surface area contributed by atoms with Crippen LogP contribution in [0.4, 0.5) is 0 Å². The molecule has 0 aromatic carbocycles. The first kappa shape index (κ1) is 14.2. The lowest BCUT2D eigenvalue weighted by Crippen LogP contribution is -2.29. The van der Waals surface area contributed by atoms with Crippen molar-refractivity contribution in [1.29, 1.82) is 0 Å². The van der Waals surface area contributed by atoms with E-state index in [0.29, 0.717) is 0 Å². The number of hydrazine groups is 1. The minimum absolute atomic E-state index is 0.0744. The summed E-state index contributed by atoms with van der Waals surface area (Å²) in [5.74, 6) is 6.70. The van der Waals surface area contributed by atoms with Crippen LogP contribution in [0.2, 0.25) is 0 Å². The molecule has 2 aromatic rings. The average molecular weight is 394 g/mol. The van der Waals surface area contributed by atoms with Gasteiger partial charge in [0.15, 0.2) is 0 Å². The van der Waals surface area contributed by atoms with Crippen LogP contribution in [-0.2, 0) is 13.0 Å². The SMILES string of the molecule is CCn1ccnc1CC(NN)c1cc(Br)c(Br)s1. The molecule has 2 heterocycles. The van der Waals surface area contributed by atoms with E-state index in [1.54, 1.807) is 11.3 Å². The summed E-state index contributed by atoms with van der Waals surface area (Å²) >= 11 is 8.67. The van der Waals surface area contributed by atoms with Crippen molar-refractivity contribution in [2.45, 2.75) is 25.9 Å². The maximum Gasteiger partial charge on any atom is 0.110 e. The van der Waals surface area contributed by atoms with Gasteiger partial charge in [0, 0.05) is 34.7 Å². The highest BCUT2D eigenvalue weighted by Gasteiger charge is 2.17. The quantitative estimate of drug-likeness (QED) is 0.605. The summed E-state index contributed by atoms with van der Waals surface area (Å²) in [6, 6.07) is 2.16. The standard InChI is InChI=1S/C11H14Br2N4S/c1-2-17-4-3-15-10(17)6-8(16-14)9-5-7(12)11(13)18-9/h3-5,8,16H,2,6,14H2,1H3. The summed E-state index contributed by atoms with van der Waals surface area (Å²) in [5, 5.41) is 0. The molecule has 2 rings (SSSR count). The zero-order valence-corrected chi connectivity index (χ0v) is 13.8. The van der Waals surface area contributed by atoms with E-state index >= 15 is 0 Å². The molecular formula is C11H14Br2N4S. The number of hydrogen-bond donors (Lipinski definition) is 2. The number of halogens is 2. The van der Waals surface area contributed by atoms with E-state index in [1.165, 1.54) is 4.88 Å². The van der Waals surface area contributed by atoms with E-state index < -0.39 is 0 Å². The van der Waals surface area contributed by atoms with Crippen LogP contribution in [0, 0.1) is 0 Å². The lowest BCUT2D eigenvalue weighted by molar-refractivity contribution is 0.530. The highest BCUT2D eigenvalue weighted by atomic mass is 79.9. The Morgan fingerprint density at radius 2 is 2.33 bits per heavy atom. The van der Waals surface area contributed by atoms with Crippen LogP contribution in [0.25, 0.3) is 0 Å². The molecule has 0 aliphatic carbocycles. The van der Waals surface area contributed by atoms with Gasteiger partial charge in [0.1, 0.15) is 5.82 Å². The van der Waals surface area contributed by atoms with Gasteiger partial charge in [0.05, 0.1) is 9.83 Å². The van der Waals surface area contributed by atoms with Crippen molar-refractivity contribution < 1.29 is 0 Å². The summed E-state index contributed by atoms with van der Waals surface area (Å²) in [6.45, 7) is 3.03. The molecule has 0 aliphatic heterocycles. The fourth-order valence-corrected chi connectivity index (χ4v) is 3.93. The summed E-state index contributed by atoms with van der Waals surface area (Å²) < 4.78 is 4.26. The number of rotatable bonds is 5. The minimum atomic E-state index is 0.0744. The average Bonchev–Trinajstić information content (AvgIpc) is 2.93. The molecule has 0 spiro atoms. The van der Waals surface area contributed by atoms with E-state index in [1.807, 2.05) is 12.4 Å². The van der Waals surface area contributed by atoms with Gasteiger partial charge in [0.2, 0.25) is 0 Å². The molecule has 0 aliphatic rings. The van der Waals surface area contributed by atoms with Crippen molar-refractivity contribution in [3.63, 3.8) is 0 Å². The summed E-state index contributed by atoms with van der Waals surface area (Å²) in [5.41, 5.74) is 2.86. The van der Waals surface area contributed by atoms with Crippen LogP contribution in [0.1, 0.15) is 23.7 Å². The molecule has 0 saturated heterocycles. The molecule has 0 saturated carbocycles. The van der Waals surface area contributed by atoms with Crippen LogP contribution in [0.5, 0.6) is 0 Å². The first-order chi connectivity index (χ1) is 8.65. The predicted octanol–water partition coefficient (Wildman–Crippen LogP) is 3.24. The van der Waals surface area contributed by atoms with E-state index in [4.69, 9.17) is 5.84 Å². The number of hydrogen-bond acceptors (Lipinski definition) is 4. The number of aromatic nitrogens is 2. The Hall–Kier alpha value is -0.210. The van der Waals surface area contributed by atoms with Gasteiger partial charge < -0.3 is 4.57 Å². The van der Waals surface area contributed by atoms with Gasteiger partial charge in [-0.15, -0.1) is 11.3 Å². The molecule has 0 radical (unpaired) electrons. The van der Waals surface area contributed by atoms with Gasteiger partial charge in [-0.1, -0.05) is 0 Å². The molecule has 4 nitrogen and oxygen atoms in total. The second-order valence-electron chi connectivity index (χ2n) is 3.82. The van der Waals surface area contributed by atoms with Crippen molar-refractivity contribution in [3.05, 3.63) is 37.4 Å². The van der Waals surface area contributed by atoms with Crippen molar-refractivity contribution in [2.75, 3.05) is 0 Å². The normalized spacial score (nSPS) is 12.9. The highest BCUT2D eigenvalue weighted by molar-refractivity contribution is 9.13. The fraction of sp³-hybridized carbons (Fsp3) is 0.364. The fourth-order valence-electron chi connectivity index (χ4n) is 1.78. The first-order valence-electron chi connectivity index (χ1n) is 5.56. The number of nitrogens with one attached hydrogen (secondary N) is 1. The highest BCUT2D eigenvalue weighted by Crippen LogP contribution is 2.36. The van der Waals surface area contributed by atoms with Crippen LogP contribution in [0.15, 0.2) is 26.7 Å². The third-order valence-electron chi connectivity index (χ3n) is 2.74. The molecule has 0 bridgehead atoms. The zero-order valence-electron chi connectivity index (χ0n) is 9.86. The number of imidazole rings is 1.